The number of nitrogens with zero attached hydrogens (tertiary/aromatic N) is 4. The average Bonchev–Trinajstić information content (AvgIpc) is 3.64. The topological polar surface area (TPSA) is 89.4 Å². The van der Waals surface area contributed by atoms with Crippen LogP contribution in [-0.2, 0) is 9.47 Å². The van der Waals surface area contributed by atoms with Crippen LogP contribution in [0.1, 0.15) is 73.3 Å². The molecule has 3 aromatic carbocycles. The monoisotopic (exact) mass is 848 g/mol. The van der Waals surface area contributed by atoms with E-state index < -0.39 is 40.3 Å². The van der Waals surface area contributed by atoms with Gasteiger partial charge in [0.25, 0.3) is 0 Å². The molecule has 3 aliphatic rings. The number of anilines is 1. The van der Waals surface area contributed by atoms with Crippen molar-refractivity contribution in [2.75, 3.05) is 64.8 Å². The Morgan fingerprint density at radius 2 is 1.77 bits per heavy atom. The molecule has 0 saturated carbocycles. The Hall–Kier alpha value is -4.00. The zero-order valence-corrected chi connectivity index (χ0v) is 36.9. The molecular formula is C46H56F4N4O5Si. The van der Waals surface area contributed by atoms with E-state index >= 15 is 13.2 Å². The van der Waals surface area contributed by atoms with Gasteiger partial charge in [-0.1, -0.05) is 53.5 Å². The van der Waals surface area contributed by atoms with Gasteiger partial charge in [0, 0.05) is 43.0 Å². The highest BCUT2D eigenvalue weighted by molar-refractivity contribution is 6.50. The first kappa shape index (κ1) is 44.1. The number of benzene rings is 3. The number of ether oxygens (including phenoxy) is 4. The highest BCUT2D eigenvalue weighted by Crippen LogP contribution is 2.49. The molecular weight excluding hydrogens is 793 g/mol. The molecule has 3 atom stereocenters. The van der Waals surface area contributed by atoms with Crippen molar-refractivity contribution in [2.45, 2.75) is 90.1 Å². The summed E-state index contributed by atoms with van der Waals surface area (Å²) in [4.78, 5) is 13.1. The second-order valence-electron chi connectivity index (χ2n) is 17.9. The Labute approximate surface area is 352 Å². The predicted octanol–water partition coefficient (Wildman–Crippen LogP) is 8.53. The summed E-state index contributed by atoms with van der Waals surface area (Å²) >= 11 is 0. The number of hydrogen-bond acceptors (Lipinski definition) is 9. The van der Waals surface area contributed by atoms with Gasteiger partial charge in [0.05, 0.1) is 36.4 Å². The van der Waals surface area contributed by atoms with Crippen molar-refractivity contribution >= 4 is 37.0 Å². The number of fused-ring (bicyclic) bond motifs is 3. The third-order valence-electron chi connectivity index (χ3n) is 12.8. The molecule has 0 aliphatic carbocycles. The molecule has 3 aliphatic heterocycles. The molecule has 7 rings (SSSR count). The highest BCUT2D eigenvalue weighted by Gasteiger charge is 2.49. The molecule has 14 heteroatoms. The van der Waals surface area contributed by atoms with Crippen molar-refractivity contribution < 1.29 is 41.6 Å². The molecule has 4 aromatic rings. The van der Waals surface area contributed by atoms with Crippen molar-refractivity contribution in [3.05, 3.63) is 53.3 Å². The van der Waals surface area contributed by atoms with Crippen LogP contribution in [0.4, 0.5) is 23.4 Å². The van der Waals surface area contributed by atoms with Crippen molar-refractivity contribution in [2.24, 2.45) is 17.8 Å². The van der Waals surface area contributed by atoms with Crippen LogP contribution in [0.3, 0.4) is 0 Å². The molecule has 60 heavy (non-hydrogen) atoms. The van der Waals surface area contributed by atoms with Gasteiger partial charge in [-0.15, -0.1) is 5.54 Å². The summed E-state index contributed by atoms with van der Waals surface area (Å²) in [7, 11) is 1.62. The zero-order valence-electron chi connectivity index (χ0n) is 35.9. The van der Waals surface area contributed by atoms with Gasteiger partial charge in [-0.2, -0.15) is 9.97 Å². The standard InChI is InChI=1S/C46H56F4N4O5Si/c1-27(2)46(28(3)4,29(5)6)60-17-12-33-36(48)11-10-30-18-32(59-26-56-8)19-34(38(30)33)39-37(49)20-35-41(40(39)50)51-43(52-42(35)53-15-16-57-24-44(7,55)23-53)58-25-45-13-9-14-54(45)22-31(47)21-45/h10-11,18-20,27-29,31,55H,9,13-16,21-26H2,1-8H3/t31-,44?,45+/m1/s1. The van der Waals surface area contributed by atoms with Gasteiger partial charge in [-0.3, -0.25) is 4.90 Å². The number of aromatic nitrogens is 2. The maximum absolute atomic E-state index is 17.7. The number of methoxy groups -OCH3 is 1. The maximum atomic E-state index is 17.7. The normalized spacial score (nSPS) is 22.5. The summed E-state index contributed by atoms with van der Waals surface area (Å²) < 4.78 is 88.5. The van der Waals surface area contributed by atoms with E-state index in [2.05, 4.69) is 62.9 Å². The van der Waals surface area contributed by atoms with Crippen LogP contribution in [0.5, 0.6) is 11.8 Å². The number of halogens is 4. The molecule has 9 nitrogen and oxygen atoms in total. The van der Waals surface area contributed by atoms with Gasteiger partial charge >= 0.3 is 6.01 Å². The largest absolute Gasteiger partial charge is 0.468 e. The second-order valence-corrected chi connectivity index (χ2v) is 19.3. The average molecular weight is 849 g/mol. The van der Waals surface area contributed by atoms with Crippen LogP contribution in [0, 0.1) is 46.7 Å². The first-order valence-corrected chi connectivity index (χ1v) is 21.9. The lowest BCUT2D eigenvalue weighted by Crippen LogP contribution is -2.44. The van der Waals surface area contributed by atoms with E-state index in [0.29, 0.717) is 36.1 Å². The van der Waals surface area contributed by atoms with E-state index in [-0.39, 0.29) is 99.3 Å². The third kappa shape index (κ3) is 8.32. The Morgan fingerprint density at radius 1 is 1.02 bits per heavy atom. The van der Waals surface area contributed by atoms with Crippen LogP contribution in [0.25, 0.3) is 32.8 Å². The minimum absolute atomic E-state index is 0.0136. The van der Waals surface area contributed by atoms with E-state index in [1.807, 2.05) is 0 Å². The third-order valence-corrected chi connectivity index (χ3v) is 15.2. The molecule has 0 amide bonds. The Kier molecular flexibility index (Phi) is 12.8. The number of β-amino-alcohol motifs (C(OH)–C–C–N with tert-alkyl or cyclic N) is 1. The summed E-state index contributed by atoms with van der Waals surface area (Å²) in [6.45, 7) is 16.3. The predicted molar refractivity (Wildman–Crippen MR) is 227 cm³/mol. The quantitative estimate of drug-likeness (QED) is 0.0653. The van der Waals surface area contributed by atoms with Crippen molar-refractivity contribution in [1.82, 2.24) is 14.9 Å². The lowest BCUT2D eigenvalue weighted by Gasteiger charge is -2.43. The highest BCUT2D eigenvalue weighted by atomic mass is 28.2. The van der Waals surface area contributed by atoms with Gasteiger partial charge in [-0.05, 0) is 78.8 Å². The fourth-order valence-electron chi connectivity index (χ4n) is 10.1. The van der Waals surface area contributed by atoms with E-state index in [4.69, 9.17) is 23.9 Å². The zero-order chi connectivity index (χ0) is 43.1. The smallest absolute Gasteiger partial charge is 0.319 e. The Bertz CT molecular complexity index is 2280. The summed E-state index contributed by atoms with van der Waals surface area (Å²) in [5.74, 6) is 1.78. The summed E-state index contributed by atoms with van der Waals surface area (Å²) in [5, 5.41) is 11.7. The van der Waals surface area contributed by atoms with Gasteiger partial charge in [0.15, 0.2) is 22.1 Å². The molecule has 1 unspecified atom stereocenters. The number of rotatable bonds is 12. The second kappa shape index (κ2) is 17.4. The molecule has 0 spiro atoms. The Balaban J connectivity index is 1.43. The van der Waals surface area contributed by atoms with E-state index in [1.54, 1.807) is 17.9 Å². The van der Waals surface area contributed by atoms with Gasteiger partial charge in [0.2, 0.25) is 0 Å². The maximum Gasteiger partial charge on any atom is 0.319 e. The van der Waals surface area contributed by atoms with Crippen LogP contribution >= 0.6 is 0 Å². The Morgan fingerprint density at radius 3 is 2.48 bits per heavy atom. The van der Waals surface area contributed by atoms with Crippen molar-refractivity contribution in [3.63, 3.8) is 0 Å². The molecule has 322 valence electrons. The van der Waals surface area contributed by atoms with E-state index in [1.165, 1.54) is 25.3 Å². The van der Waals surface area contributed by atoms with E-state index in [9.17, 15) is 9.50 Å². The molecule has 2 radical (unpaired) electrons. The van der Waals surface area contributed by atoms with Crippen LogP contribution in [0.2, 0.25) is 5.04 Å². The van der Waals surface area contributed by atoms with E-state index in [0.717, 1.165) is 25.5 Å². The van der Waals surface area contributed by atoms with Gasteiger partial charge in [-0.25, -0.2) is 17.6 Å². The molecule has 4 heterocycles. The first-order chi connectivity index (χ1) is 28.5. The number of hydrogen-bond donors (Lipinski definition) is 1. The SMILES string of the molecule is COCOc1cc(-c2c(F)cc3c(N4CCOCC(C)(O)C4)nc(OC[C@@]45CCCN4C[C@H](F)C5)nc3c2F)c2c(C#C[Si]C(C(C)C)(C(C)C)C(C)C)c(F)ccc2c1. The molecule has 1 aromatic heterocycles. The minimum Gasteiger partial charge on any atom is -0.468 e. The first-order valence-electron chi connectivity index (χ1n) is 20.9. The molecule has 1 N–H and O–H groups in total. The van der Waals surface area contributed by atoms with Gasteiger partial charge in [0.1, 0.15) is 47.1 Å². The van der Waals surface area contributed by atoms with Crippen molar-refractivity contribution in [1.29, 1.82) is 0 Å². The summed E-state index contributed by atoms with van der Waals surface area (Å²) in [6.07, 6.45) is 0.926. The van der Waals surface area contributed by atoms with Crippen LogP contribution < -0.4 is 14.4 Å². The lowest BCUT2D eigenvalue weighted by molar-refractivity contribution is -0.0123. The fraction of sp³-hybridized carbons (Fsp3) is 0.565. The number of alkyl halides is 1. The molecule has 0 bridgehead atoms. The fourth-order valence-corrected chi connectivity index (χ4v) is 11.4. The van der Waals surface area contributed by atoms with Gasteiger partial charge < -0.3 is 29.0 Å². The minimum atomic E-state index is -1.31. The lowest BCUT2D eigenvalue weighted by atomic mass is 9.76. The summed E-state index contributed by atoms with van der Waals surface area (Å²) in [6, 6.07) is 6.96. The molecule has 3 saturated heterocycles. The van der Waals surface area contributed by atoms with Crippen LogP contribution in [0.15, 0.2) is 30.3 Å². The summed E-state index contributed by atoms with van der Waals surface area (Å²) in [5.41, 5.74) is 0.781. The molecule has 3 fully saturated rings. The number of aliphatic hydroxyl groups is 1. The van der Waals surface area contributed by atoms with Crippen molar-refractivity contribution in [3.8, 4) is 34.4 Å². The van der Waals surface area contributed by atoms with Crippen LogP contribution in [-0.4, -0.2) is 107 Å².